The van der Waals surface area contributed by atoms with Gasteiger partial charge in [-0.25, -0.2) is 14.2 Å². The number of nitrogens with zero attached hydrogens (tertiary/aromatic N) is 4. The van der Waals surface area contributed by atoms with Crippen molar-refractivity contribution in [3.63, 3.8) is 0 Å². The first-order chi connectivity index (χ1) is 18.1. The topological polar surface area (TPSA) is 103 Å². The lowest BCUT2D eigenvalue weighted by atomic mass is 10.1. The molecule has 38 heavy (non-hydrogen) atoms. The maximum Gasteiger partial charge on any atom is 0.407 e. The van der Waals surface area contributed by atoms with Crippen LogP contribution in [0.2, 0.25) is 0 Å². The largest absolute Gasteiger partial charge is 0.492 e. The number of fused-ring (bicyclic) bond motifs is 1. The van der Waals surface area contributed by atoms with E-state index in [-0.39, 0.29) is 6.61 Å². The first-order valence-corrected chi connectivity index (χ1v) is 12.5. The van der Waals surface area contributed by atoms with Gasteiger partial charge in [-0.1, -0.05) is 0 Å². The number of hydrogen-bond acceptors (Lipinski definition) is 6. The number of nitrogens with one attached hydrogen (secondary N) is 1. The molecule has 0 atom stereocenters. The fraction of sp³-hybridized carbons (Fsp3) is 0.393. The Hall–Kier alpha value is -3.92. The molecule has 0 radical (unpaired) electrons. The van der Waals surface area contributed by atoms with Crippen LogP contribution in [-0.2, 0) is 31.2 Å². The molecule has 0 unspecified atom stereocenters. The number of amides is 1. The number of carbonyl (C=O) groups is 1. The number of alkyl carbamates (subject to hydrolysis) is 1. The molecule has 4 rings (SSSR count). The van der Waals surface area contributed by atoms with Crippen LogP contribution in [0.3, 0.4) is 0 Å². The highest BCUT2D eigenvalue weighted by Crippen LogP contribution is 2.31. The smallest absolute Gasteiger partial charge is 0.407 e. The van der Waals surface area contributed by atoms with Crippen LogP contribution in [0.25, 0.3) is 16.8 Å². The maximum atomic E-state index is 14.2. The van der Waals surface area contributed by atoms with Crippen LogP contribution in [0.15, 0.2) is 42.7 Å². The van der Waals surface area contributed by atoms with Crippen molar-refractivity contribution in [2.75, 3.05) is 13.2 Å². The van der Waals surface area contributed by atoms with E-state index < -0.39 is 17.5 Å². The first-order valence-electron chi connectivity index (χ1n) is 12.5. The lowest BCUT2D eigenvalue weighted by Crippen LogP contribution is -2.33. The first kappa shape index (κ1) is 27.1. The third-order valence-electron chi connectivity index (χ3n) is 6.19. The number of hydrogen-bond donors (Lipinski definition) is 2. The van der Waals surface area contributed by atoms with Gasteiger partial charge in [0.2, 0.25) is 0 Å². The minimum Gasteiger partial charge on any atom is -0.492 e. The fourth-order valence-corrected chi connectivity index (χ4v) is 4.27. The van der Waals surface area contributed by atoms with E-state index in [1.165, 1.54) is 12.1 Å². The van der Waals surface area contributed by atoms with Gasteiger partial charge in [-0.2, -0.15) is 5.10 Å². The molecule has 0 bridgehead atoms. The zero-order valence-electron chi connectivity index (χ0n) is 22.4. The number of aliphatic hydroxyl groups is 1. The molecule has 3 heterocycles. The summed E-state index contributed by atoms with van der Waals surface area (Å²) in [4.78, 5) is 16.4. The molecule has 10 heteroatoms. The van der Waals surface area contributed by atoms with Gasteiger partial charge in [0.15, 0.2) is 0 Å². The van der Waals surface area contributed by atoms with Crippen molar-refractivity contribution in [1.82, 2.24) is 24.5 Å². The molecule has 2 N–H and O–H groups in total. The normalized spacial score (nSPS) is 11.7. The summed E-state index contributed by atoms with van der Waals surface area (Å²) in [6, 6.07) is 8.28. The summed E-state index contributed by atoms with van der Waals surface area (Å²) < 4.78 is 29.2. The zero-order chi connectivity index (χ0) is 27.4. The number of halogens is 1. The van der Waals surface area contributed by atoms with Crippen molar-refractivity contribution in [2.45, 2.75) is 52.7 Å². The van der Waals surface area contributed by atoms with Crippen LogP contribution in [0.1, 0.15) is 43.4 Å². The average Bonchev–Trinajstić information content (AvgIpc) is 3.38. The molecule has 0 aliphatic rings. The second-order valence-corrected chi connectivity index (χ2v) is 10.1. The van der Waals surface area contributed by atoms with Crippen LogP contribution in [-0.4, -0.2) is 49.1 Å². The van der Waals surface area contributed by atoms with Crippen molar-refractivity contribution in [3.8, 4) is 16.9 Å². The molecule has 3 aromatic heterocycles. The number of imidazole rings is 1. The van der Waals surface area contributed by atoms with Gasteiger partial charge in [-0.15, -0.1) is 0 Å². The van der Waals surface area contributed by atoms with Gasteiger partial charge < -0.3 is 24.3 Å². The van der Waals surface area contributed by atoms with E-state index in [2.05, 4.69) is 15.4 Å². The number of aliphatic hydroxyl groups excluding tert-OH is 1. The lowest BCUT2D eigenvalue weighted by molar-refractivity contribution is 0.0528. The van der Waals surface area contributed by atoms with Gasteiger partial charge >= 0.3 is 6.09 Å². The van der Waals surface area contributed by atoms with Gasteiger partial charge in [0.05, 0.1) is 18.9 Å². The number of aryl methyl sites for hydroxylation is 1. The molecule has 202 valence electrons. The molecule has 0 aliphatic heterocycles. The standard InChI is InChI=1S/C28H34FN5O4/c1-18-22(24(17-35)32-33(18)5)11-13-37-25-14-20(29)7-8-23(25)19-6-9-26-31-15-21(34(26)16-19)10-12-30-27(36)38-28(2,3)4/h6-9,14-16,35H,10-13,17H2,1-5H3,(H,30,36). The molecule has 0 fully saturated rings. The fourth-order valence-electron chi connectivity index (χ4n) is 4.27. The summed E-state index contributed by atoms with van der Waals surface area (Å²) in [6.45, 7) is 7.93. The van der Waals surface area contributed by atoms with E-state index in [0.717, 1.165) is 33.7 Å². The molecule has 0 saturated heterocycles. The predicted molar refractivity (Wildman–Crippen MR) is 142 cm³/mol. The number of ether oxygens (including phenoxy) is 2. The number of carbonyl (C=O) groups excluding carboxylic acids is 1. The number of benzene rings is 1. The lowest BCUT2D eigenvalue weighted by Gasteiger charge is -2.19. The van der Waals surface area contributed by atoms with Crippen molar-refractivity contribution < 1.29 is 23.8 Å². The Bertz CT molecular complexity index is 1440. The Morgan fingerprint density at radius 3 is 2.71 bits per heavy atom. The Morgan fingerprint density at radius 2 is 1.97 bits per heavy atom. The molecule has 9 nitrogen and oxygen atoms in total. The average molecular weight is 524 g/mol. The summed E-state index contributed by atoms with van der Waals surface area (Å²) in [5.41, 5.74) is 5.18. The third-order valence-corrected chi connectivity index (χ3v) is 6.19. The Kier molecular flexibility index (Phi) is 8.01. The number of rotatable bonds is 9. The van der Waals surface area contributed by atoms with Crippen LogP contribution < -0.4 is 10.1 Å². The molecule has 0 saturated carbocycles. The Labute approximate surface area is 221 Å². The van der Waals surface area contributed by atoms with Gasteiger partial charge in [0, 0.05) is 73.0 Å². The van der Waals surface area contributed by atoms with E-state index in [0.29, 0.717) is 37.4 Å². The van der Waals surface area contributed by atoms with Gasteiger partial charge in [0.1, 0.15) is 22.8 Å². The number of aromatic nitrogens is 4. The van der Waals surface area contributed by atoms with E-state index in [9.17, 15) is 14.3 Å². The molecule has 0 aliphatic carbocycles. The van der Waals surface area contributed by atoms with Gasteiger partial charge in [0.25, 0.3) is 0 Å². The Morgan fingerprint density at radius 1 is 1.18 bits per heavy atom. The maximum absolute atomic E-state index is 14.2. The number of pyridine rings is 1. The summed E-state index contributed by atoms with van der Waals surface area (Å²) in [7, 11) is 1.83. The summed E-state index contributed by atoms with van der Waals surface area (Å²) in [6.07, 6.45) is 4.32. The zero-order valence-corrected chi connectivity index (χ0v) is 22.4. The summed E-state index contributed by atoms with van der Waals surface area (Å²) in [5.74, 6) is 0.0275. The summed E-state index contributed by atoms with van der Waals surface area (Å²) >= 11 is 0. The molecule has 1 amide bonds. The van der Waals surface area contributed by atoms with Gasteiger partial charge in [-0.3, -0.25) is 4.68 Å². The minimum absolute atomic E-state index is 0.150. The van der Waals surface area contributed by atoms with Crippen molar-refractivity contribution in [1.29, 1.82) is 0 Å². The SMILES string of the molecule is Cc1c(CCOc2cc(F)ccc2-c2ccc3ncc(CCNC(=O)OC(C)(C)C)n3c2)c(CO)nn1C. The van der Waals surface area contributed by atoms with Crippen LogP contribution in [0.4, 0.5) is 9.18 Å². The van der Waals surface area contributed by atoms with Crippen LogP contribution in [0.5, 0.6) is 5.75 Å². The predicted octanol–water partition coefficient (Wildman–Crippen LogP) is 4.36. The minimum atomic E-state index is -0.560. The van der Waals surface area contributed by atoms with E-state index >= 15 is 0 Å². The highest BCUT2D eigenvalue weighted by Gasteiger charge is 2.17. The van der Waals surface area contributed by atoms with E-state index in [4.69, 9.17) is 9.47 Å². The van der Waals surface area contributed by atoms with Crippen molar-refractivity contribution in [3.05, 3.63) is 71.2 Å². The van der Waals surface area contributed by atoms with Gasteiger partial charge in [-0.05, 0) is 52.0 Å². The van der Waals surface area contributed by atoms with Crippen molar-refractivity contribution in [2.24, 2.45) is 7.05 Å². The van der Waals surface area contributed by atoms with E-state index in [1.54, 1.807) is 16.9 Å². The van der Waals surface area contributed by atoms with Crippen LogP contribution >= 0.6 is 0 Å². The second kappa shape index (κ2) is 11.2. The van der Waals surface area contributed by atoms with E-state index in [1.807, 2.05) is 57.5 Å². The monoisotopic (exact) mass is 523 g/mol. The molecular formula is C28H34FN5O4. The Balaban J connectivity index is 1.51. The quantitative estimate of drug-likeness (QED) is 0.338. The highest BCUT2D eigenvalue weighted by molar-refractivity contribution is 5.71. The molecular weight excluding hydrogens is 489 g/mol. The third kappa shape index (κ3) is 6.31. The molecule has 4 aromatic rings. The summed E-state index contributed by atoms with van der Waals surface area (Å²) in [5, 5.41) is 16.7. The molecule has 0 spiro atoms. The second-order valence-electron chi connectivity index (χ2n) is 10.1. The van der Waals surface area contributed by atoms with Crippen molar-refractivity contribution >= 4 is 11.7 Å². The molecule has 1 aromatic carbocycles. The van der Waals surface area contributed by atoms with Crippen LogP contribution in [0, 0.1) is 12.7 Å². The highest BCUT2D eigenvalue weighted by atomic mass is 19.1.